The summed E-state index contributed by atoms with van der Waals surface area (Å²) in [7, 11) is 0. The maximum atomic E-state index is 2.46. The predicted octanol–water partition coefficient (Wildman–Crippen LogP) is 3.62. The van der Waals surface area contributed by atoms with Gasteiger partial charge in [-0.05, 0) is 32.1 Å². The van der Waals surface area contributed by atoms with E-state index in [4.69, 9.17) is 0 Å². The molecule has 0 spiro atoms. The molecule has 0 heterocycles. The molecule has 1 atom stereocenters. The second-order valence-electron chi connectivity index (χ2n) is 3.68. The maximum absolute atomic E-state index is 2.46. The minimum atomic E-state index is 0.732. The van der Waals surface area contributed by atoms with Crippen molar-refractivity contribution in [1.82, 2.24) is 0 Å². The lowest BCUT2D eigenvalue weighted by Crippen LogP contribution is -2.04. The summed E-state index contributed by atoms with van der Waals surface area (Å²) in [5.41, 5.74) is 1.68. The Hall–Kier alpha value is -0.780. The van der Waals surface area contributed by atoms with Crippen molar-refractivity contribution in [2.45, 2.75) is 32.1 Å². The fourth-order valence-corrected chi connectivity index (χ4v) is 2.06. The van der Waals surface area contributed by atoms with E-state index in [0.29, 0.717) is 0 Å². The molecule has 0 aromatic rings. The van der Waals surface area contributed by atoms with Crippen LogP contribution in [0.3, 0.4) is 0 Å². The van der Waals surface area contributed by atoms with Crippen molar-refractivity contribution in [1.29, 1.82) is 0 Å². The van der Waals surface area contributed by atoms with Gasteiger partial charge in [0, 0.05) is 5.92 Å². The lowest BCUT2D eigenvalue weighted by molar-refractivity contribution is 0.623. The SMILES string of the molecule is C1=CCC(C2=CCCCC2)C=C1. The Morgan fingerprint density at radius 2 is 2.17 bits per heavy atom. The Morgan fingerprint density at radius 3 is 2.83 bits per heavy atom. The molecule has 0 heteroatoms. The zero-order valence-electron chi connectivity index (χ0n) is 7.50. The Balaban J connectivity index is 2.03. The third kappa shape index (κ3) is 1.69. The molecule has 1 unspecified atom stereocenters. The first-order valence-electron chi connectivity index (χ1n) is 4.99. The zero-order chi connectivity index (χ0) is 8.23. The van der Waals surface area contributed by atoms with E-state index < -0.39 is 0 Å². The lowest BCUT2D eigenvalue weighted by Gasteiger charge is -2.20. The Bertz CT molecular complexity index is 230. The van der Waals surface area contributed by atoms with Crippen LogP contribution in [0.1, 0.15) is 32.1 Å². The second-order valence-corrected chi connectivity index (χ2v) is 3.68. The molecule has 0 radical (unpaired) electrons. The number of allylic oxidation sites excluding steroid dienone is 6. The van der Waals surface area contributed by atoms with Gasteiger partial charge in [0.2, 0.25) is 0 Å². The molecule has 0 saturated carbocycles. The van der Waals surface area contributed by atoms with Crippen LogP contribution in [0.2, 0.25) is 0 Å². The van der Waals surface area contributed by atoms with Gasteiger partial charge in [0.25, 0.3) is 0 Å². The van der Waals surface area contributed by atoms with E-state index >= 15 is 0 Å². The first-order chi connectivity index (χ1) is 5.97. The smallest absolute Gasteiger partial charge is 0.00145 e. The summed E-state index contributed by atoms with van der Waals surface area (Å²) < 4.78 is 0. The summed E-state index contributed by atoms with van der Waals surface area (Å²) in [4.78, 5) is 0. The van der Waals surface area contributed by atoms with Crippen LogP contribution in [0.5, 0.6) is 0 Å². The average Bonchev–Trinajstić information content (AvgIpc) is 2.21. The van der Waals surface area contributed by atoms with Gasteiger partial charge >= 0.3 is 0 Å². The lowest BCUT2D eigenvalue weighted by atomic mass is 9.85. The van der Waals surface area contributed by atoms with E-state index in [1.165, 1.54) is 32.1 Å². The van der Waals surface area contributed by atoms with Crippen LogP contribution in [0.4, 0.5) is 0 Å². The van der Waals surface area contributed by atoms with Gasteiger partial charge in [-0.2, -0.15) is 0 Å². The predicted molar refractivity (Wildman–Crippen MR) is 52.9 cm³/mol. The molecule has 2 aliphatic carbocycles. The minimum Gasteiger partial charge on any atom is -0.0847 e. The molecule has 12 heavy (non-hydrogen) atoms. The first kappa shape index (κ1) is 7.85. The standard InChI is InChI=1S/C12H16/c1-3-7-11(8-4-1)12-9-5-2-6-10-12/h1,3-4,7,9,11H,2,5-6,8,10H2. The Morgan fingerprint density at radius 1 is 1.17 bits per heavy atom. The normalized spacial score (nSPS) is 28.7. The summed E-state index contributed by atoms with van der Waals surface area (Å²) in [5, 5.41) is 0. The molecule has 0 bridgehead atoms. The molecule has 0 aliphatic heterocycles. The van der Waals surface area contributed by atoms with Gasteiger partial charge in [0.05, 0.1) is 0 Å². The van der Waals surface area contributed by atoms with Crippen molar-refractivity contribution in [3.05, 3.63) is 36.0 Å². The highest BCUT2D eigenvalue weighted by atomic mass is 14.2. The molecule has 0 amide bonds. The van der Waals surface area contributed by atoms with Crippen molar-refractivity contribution < 1.29 is 0 Å². The van der Waals surface area contributed by atoms with E-state index in [2.05, 4.69) is 30.4 Å². The molecule has 0 fully saturated rings. The summed E-state index contributed by atoms with van der Waals surface area (Å²) in [6, 6.07) is 0. The number of rotatable bonds is 1. The largest absolute Gasteiger partial charge is 0.0847 e. The monoisotopic (exact) mass is 160 g/mol. The van der Waals surface area contributed by atoms with E-state index in [9.17, 15) is 0 Å². The van der Waals surface area contributed by atoms with Crippen LogP contribution in [-0.4, -0.2) is 0 Å². The number of hydrogen-bond donors (Lipinski definition) is 0. The van der Waals surface area contributed by atoms with Crippen LogP contribution in [0.15, 0.2) is 36.0 Å². The first-order valence-corrected chi connectivity index (χ1v) is 4.99. The molecule has 2 rings (SSSR count). The molecular weight excluding hydrogens is 144 g/mol. The van der Waals surface area contributed by atoms with Gasteiger partial charge in [-0.3, -0.25) is 0 Å². The average molecular weight is 160 g/mol. The molecule has 0 aromatic carbocycles. The quantitative estimate of drug-likeness (QED) is 0.514. The van der Waals surface area contributed by atoms with E-state index in [1.54, 1.807) is 5.57 Å². The third-order valence-electron chi connectivity index (χ3n) is 2.78. The van der Waals surface area contributed by atoms with Crippen LogP contribution in [-0.2, 0) is 0 Å². The second kappa shape index (κ2) is 3.75. The van der Waals surface area contributed by atoms with Crippen LogP contribution >= 0.6 is 0 Å². The van der Waals surface area contributed by atoms with Gasteiger partial charge in [0.15, 0.2) is 0 Å². The molecule has 0 aromatic heterocycles. The summed E-state index contributed by atoms with van der Waals surface area (Å²) in [6.07, 6.45) is 18.1. The van der Waals surface area contributed by atoms with Gasteiger partial charge < -0.3 is 0 Å². The minimum absolute atomic E-state index is 0.732. The molecule has 0 saturated heterocycles. The Labute approximate surface area is 74.7 Å². The summed E-state index contributed by atoms with van der Waals surface area (Å²) >= 11 is 0. The van der Waals surface area contributed by atoms with Crippen molar-refractivity contribution >= 4 is 0 Å². The van der Waals surface area contributed by atoms with Crippen LogP contribution in [0, 0.1) is 5.92 Å². The zero-order valence-corrected chi connectivity index (χ0v) is 7.50. The van der Waals surface area contributed by atoms with Crippen molar-refractivity contribution in [2.75, 3.05) is 0 Å². The van der Waals surface area contributed by atoms with E-state index in [0.717, 1.165) is 5.92 Å². The van der Waals surface area contributed by atoms with E-state index in [1.807, 2.05) is 0 Å². The summed E-state index contributed by atoms with van der Waals surface area (Å²) in [5.74, 6) is 0.732. The van der Waals surface area contributed by atoms with Gasteiger partial charge in [-0.1, -0.05) is 36.0 Å². The van der Waals surface area contributed by atoms with Crippen LogP contribution < -0.4 is 0 Å². The Kier molecular flexibility index (Phi) is 2.45. The van der Waals surface area contributed by atoms with Gasteiger partial charge in [-0.15, -0.1) is 0 Å². The van der Waals surface area contributed by atoms with Crippen molar-refractivity contribution in [3.63, 3.8) is 0 Å². The van der Waals surface area contributed by atoms with Crippen molar-refractivity contribution in [2.24, 2.45) is 5.92 Å². The highest BCUT2D eigenvalue weighted by molar-refractivity contribution is 5.22. The highest BCUT2D eigenvalue weighted by Crippen LogP contribution is 2.28. The molecule has 2 aliphatic rings. The molecule has 64 valence electrons. The van der Waals surface area contributed by atoms with Gasteiger partial charge in [-0.25, -0.2) is 0 Å². The van der Waals surface area contributed by atoms with Crippen LogP contribution in [0.25, 0.3) is 0 Å². The highest BCUT2D eigenvalue weighted by Gasteiger charge is 2.12. The molecule has 0 nitrogen and oxygen atoms in total. The topological polar surface area (TPSA) is 0 Å². The molecular formula is C12H16. The fourth-order valence-electron chi connectivity index (χ4n) is 2.06. The number of hydrogen-bond acceptors (Lipinski definition) is 0. The van der Waals surface area contributed by atoms with Gasteiger partial charge in [0.1, 0.15) is 0 Å². The molecule has 0 N–H and O–H groups in total. The maximum Gasteiger partial charge on any atom is 0.00145 e. The van der Waals surface area contributed by atoms with Crippen molar-refractivity contribution in [3.8, 4) is 0 Å². The summed E-state index contributed by atoms with van der Waals surface area (Å²) in [6.45, 7) is 0. The van der Waals surface area contributed by atoms with E-state index in [-0.39, 0.29) is 0 Å². The fraction of sp³-hybridized carbons (Fsp3) is 0.500. The third-order valence-corrected chi connectivity index (χ3v) is 2.78.